The maximum Gasteiger partial charge on any atom is 0.0370 e. The number of aryl methyl sites for hydroxylation is 1. The first kappa shape index (κ1) is 12.9. The van der Waals surface area contributed by atoms with Gasteiger partial charge in [-0.1, -0.05) is 36.8 Å². The maximum atomic E-state index is 5.68. The van der Waals surface area contributed by atoms with Gasteiger partial charge in [0.25, 0.3) is 0 Å². The standard InChI is InChI=1S/C16H22N2/c1-12-4-5-15-9-16(7-6-14(15)8-12)18(3)11-13(2)10-17/h4-9,13H,10-11,17H2,1-3H3. The van der Waals surface area contributed by atoms with Gasteiger partial charge >= 0.3 is 0 Å². The molecule has 2 rings (SSSR count). The van der Waals surface area contributed by atoms with Crippen molar-refractivity contribution >= 4 is 16.5 Å². The first-order chi connectivity index (χ1) is 8.60. The molecule has 1 atom stereocenters. The fraction of sp³-hybridized carbons (Fsp3) is 0.375. The van der Waals surface area contributed by atoms with Crippen molar-refractivity contribution < 1.29 is 0 Å². The van der Waals surface area contributed by atoms with Crippen LogP contribution in [0.4, 0.5) is 5.69 Å². The second kappa shape index (κ2) is 5.40. The molecule has 2 N–H and O–H groups in total. The Kier molecular flexibility index (Phi) is 3.87. The molecule has 0 aliphatic heterocycles. The van der Waals surface area contributed by atoms with Crippen molar-refractivity contribution in [3.05, 3.63) is 42.0 Å². The Balaban J connectivity index is 2.26. The van der Waals surface area contributed by atoms with Gasteiger partial charge in [0.15, 0.2) is 0 Å². The van der Waals surface area contributed by atoms with Crippen molar-refractivity contribution in [2.24, 2.45) is 11.7 Å². The zero-order valence-corrected chi connectivity index (χ0v) is 11.5. The first-order valence-electron chi connectivity index (χ1n) is 6.52. The van der Waals surface area contributed by atoms with Crippen LogP contribution in [-0.2, 0) is 0 Å². The quantitative estimate of drug-likeness (QED) is 0.892. The van der Waals surface area contributed by atoms with E-state index in [4.69, 9.17) is 5.73 Å². The molecule has 0 bridgehead atoms. The largest absolute Gasteiger partial charge is 0.374 e. The second-order valence-electron chi connectivity index (χ2n) is 5.26. The monoisotopic (exact) mass is 242 g/mol. The highest BCUT2D eigenvalue weighted by atomic mass is 15.1. The molecule has 0 fully saturated rings. The predicted molar refractivity (Wildman–Crippen MR) is 80.2 cm³/mol. The number of anilines is 1. The van der Waals surface area contributed by atoms with Gasteiger partial charge in [-0.3, -0.25) is 0 Å². The second-order valence-corrected chi connectivity index (χ2v) is 5.26. The van der Waals surface area contributed by atoms with Crippen molar-refractivity contribution in [1.82, 2.24) is 0 Å². The summed E-state index contributed by atoms with van der Waals surface area (Å²) in [7, 11) is 2.13. The third-order valence-electron chi connectivity index (χ3n) is 3.41. The normalized spacial score (nSPS) is 12.7. The minimum absolute atomic E-state index is 0.517. The van der Waals surface area contributed by atoms with Crippen LogP contribution < -0.4 is 10.6 Å². The molecule has 0 saturated carbocycles. The SMILES string of the molecule is Cc1ccc2cc(N(C)CC(C)CN)ccc2c1. The summed E-state index contributed by atoms with van der Waals surface area (Å²) in [5, 5.41) is 2.60. The molecule has 0 radical (unpaired) electrons. The summed E-state index contributed by atoms with van der Waals surface area (Å²) in [5.74, 6) is 0.517. The fourth-order valence-corrected chi connectivity index (χ4v) is 2.24. The average molecular weight is 242 g/mol. The highest BCUT2D eigenvalue weighted by Crippen LogP contribution is 2.22. The van der Waals surface area contributed by atoms with Gasteiger partial charge in [0, 0.05) is 19.3 Å². The molecular weight excluding hydrogens is 220 g/mol. The summed E-state index contributed by atoms with van der Waals surface area (Å²) < 4.78 is 0. The lowest BCUT2D eigenvalue weighted by atomic mass is 10.1. The summed E-state index contributed by atoms with van der Waals surface area (Å²) in [4.78, 5) is 2.27. The minimum Gasteiger partial charge on any atom is -0.374 e. The Hall–Kier alpha value is -1.54. The van der Waals surface area contributed by atoms with E-state index < -0.39 is 0 Å². The summed E-state index contributed by atoms with van der Waals surface area (Å²) in [6.07, 6.45) is 0. The van der Waals surface area contributed by atoms with Crippen LogP contribution in [0.3, 0.4) is 0 Å². The fourth-order valence-electron chi connectivity index (χ4n) is 2.24. The van der Waals surface area contributed by atoms with Crippen molar-refractivity contribution in [1.29, 1.82) is 0 Å². The summed E-state index contributed by atoms with van der Waals surface area (Å²) in [6.45, 7) is 6.04. The number of hydrogen-bond donors (Lipinski definition) is 1. The van der Waals surface area contributed by atoms with Gasteiger partial charge in [-0.25, -0.2) is 0 Å². The minimum atomic E-state index is 0.517. The number of fused-ring (bicyclic) bond motifs is 1. The summed E-state index contributed by atoms with van der Waals surface area (Å²) in [6, 6.07) is 13.2. The lowest BCUT2D eigenvalue weighted by Gasteiger charge is -2.23. The smallest absolute Gasteiger partial charge is 0.0370 e. The molecule has 0 heterocycles. The molecule has 1 unspecified atom stereocenters. The van der Waals surface area contributed by atoms with E-state index in [9.17, 15) is 0 Å². The molecule has 2 nitrogen and oxygen atoms in total. The Morgan fingerprint density at radius 2 is 1.78 bits per heavy atom. The van der Waals surface area contributed by atoms with Gasteiger partial charge in [-0.15, -0.1) is 0 Å². The van der Waals surface area contributed by atoms with Gasteiger partial charge in [0.05, 0.1) is 0 Å². The summed E-state index contributed by atoms with van der Waals surface area (Å²) in [5.41, 5.74) is 8.24. The molecule has 0 aromatic heterocycles. The van der Waals surface area contributed by atoms with Gasteiger partial charge in [0.1, 0.15) is 0 Å². The molecule has 0 saturated heterocycles. The van der Waals surface area contributed by atoms with E-state index in [1.807, 2.05) is 0 Å². The molecule has 0 aliphatic carbocycles. The number of rotatable bonds is 4. The van der Waals surface area contributed by atoms with Crippen molar-refractivity contribution in [3.8, 4) is 0 Å². The van der Waals surface area contributed by atoms with Crippen LogP contribution in [0.1, 0.15) is 12.5 Å². The molecule has 0 amide bonds. The zero-order valence-electron chi connectivity index (χ0n) is 11.5. The molecule has 0 spiro atoms. The first-order valence-corrected chi connectivity index (χ1v) is 6.52. The number of nitrogens with zero attached hydrogens (tertiary/aromatic N) is 1. The Morgan fingerprint density at radius 1 is 1.11 bits per heavy atom. The molecule has 0 aliphatic rings. The third kappa shape index (κ3) is 2.82. The predicted octanol–water partition coefficient (Wildman–Crippen LogP) is 3.18. The van der Waals surface area contributed by atoms with Crippen LogP contribution in [0.5, 0.6) is 0 Å². The van der Waals surface area contributed by atoms with Crippen molar-refractivity contribution in [2.75, 3.05) is 25.0 Å². The highest BCUT2D eigenvalue weighted by Gasteiger charge is 2.06. The average Bonchev–Trinajstić information content (AvgIpc) is 2.37. The molecule has 18 heavy (non-hydrogen) atoms. The molecule has 2 aromatic rings. The topological polar surface area (TPSA) is 29.3 Å². The third-order valence-corrected chi connectivity index (χ3v) is 3.41. The number of benzene rings is 2. The van der Waals surface area contributed by atoms with Crippen LogP contribution in [0.25, 0.3) is 10.8 Å². The van der Waals surface area contributed by atoms with Gasteiger partial charge in [-0.05, 0) is 42.3 Å². The van der Waals surface area contributed by atoms with E-state index in [0.29, 0.717) is 5.92 Å². The van der Waals surface area contributed by atoms with Crippen LogP contribution in [-0.4, -0.2) is 20.1 Å². The molecule has 2 heteroatoms. The van der Waals surface area contributed by atoms with Gasteiger partial charge in [-0.2, -0.15) is 0 Å². The van der Waals surface area contributed by atoms with Crippen LogP contribution in [0.15, 0.2) is 36.4 Å². The number of nitrogens with two attached hydrogens (primary N) is 1. The van der Waals surface area contributed by atoms with Crippen LogP contribution >= 0.6 is 0 Å². The zero-order chi connectivity index (χ0) is 13.1. The van der Waals surface area contributed by atoms with Crippen LogP contribution in [0, 0.1) is 12.8 Å². The van der Waals surface area contributed by atoms with E-state index in [1.165, 1.54) is 22.0 Å². The van der Waals surface area contributed by atoms with Crippen LogP contribution in [0.2, 0.25) is 0 Å². The highest BCUT2D eigenvalue weighted by molar-refractivity contribution is 5.86. The van der Waals surface area contributed by atoms with E-state index in [0.717, 1.165) is 13.1 Å². The van der Waals surface area contributed by atoms with Gasteiger partial charge in [0.2, 0.25) is 0 Å². The van der Waals surface area contributed by atoms with Crippen molar-refractivity contribution in [3.63, 3.8) is 0 Å². The summed E-state index contributed by atoms with van der Waals surface area (Å²) >= 11 is 0. The van der Waals surface area contributed by atoms with E-state index >= 15 is 0 Å². The number of hydrogen-bond acceptors (Lipinski definition) is 2. The Morgan fingerprint density at radius 3 is 2.50 bits per heavy atom. The molecule has 2 aromatic carbocycles. The lowest BCUT2D eigenvalue weighted by molar-refractivity contribution is 0.590. The van der Waals surface area contributed by atoms with E-state index in [1.54, 1.807) is 0 Å². The Bertz CT molecular complexity index is 534. The molecular formula is C16H22N2. The maximum absolute atomic E-state index is 5.68. The van der Waals surface area contributed by atoms with Crippen molar-refractivity contribution in [2.45, 2.75) is 13.8 Å². The van der Waals surface area contributed by atoms with E-state index in [-0.39, 0.29) is 0 Å². The van der Waals surface area contributed by atoms with E-state index in [2.05, 4.69) is 62.2 Å². The lowest BCUT2D eigenvalue weighted by Crippen LogP contribution is -2.28. The molecule has 96 valence electrons. The van der Waals surface area contributed by atoms with Gasteiger partial charge < -0.3 is 10.6 Å². The Labute approximate surface area is 109 Å².